The summed E-state index contributed by atoms with van der Waals surface area (Å²) in [4.78, 5) is 11.7. The Morgan fingerprint density at radius 3 is 2.71 bits per heavy atom. The molecule has 0 unspecified atom stereocenters. The number of rotatable bonds is 6. The van der Waals surface area contributed by atoms with Gasteiger partial charge in [-0.1, -0.05) is 49.4 Å². The lowest BCUT2D eigenvalue weighted by atomic mass is 9.91. The zero-order valence-corrected chi connectivity index (χ0v) is 12.5. The van der Waals surface area contributed by atoms with Gasteiger partial charge in [0.2, 0.25) is 0 Å². The topological polar surface area (TPSA) is 57.5 Å². The maximum atomic E-state index is 11.7. The van der Waals surface area contributed by atoms with Gasteiger partial charge in [-0.15, -0.1) is 0 Å². The van der Waals surface area contributed by atoms with Crippen LogP contribution in [0.25, 0.3) is 0 Å². The number of aryl methyl sites for hydroxylation is 1. The summed E-state index contributed by atoms with van der Waals surface area (Å²) in [5.74, 6) is -0.107. The number of carbonyl (C=O) groups excluding carboxylic acids is 1. The third kappa shape index (κ3) is 4.26. The molecular weight excluding hydrogens is 264 g/mol. The van der Waals surface area contributed by atoms with E-state index in [1.54, 1.807) is 6.08 Å². The third-order valence-corrected chi connectivity index (χ3v) is 4.30. The lowest BCUT2D eigenvalue weighted by Gasteiger charge is -2.16. The van der Waals surface area contributed by atoms with Crippen molar-refractivity contribution in [3.8, 4) is 0 Å². The Morgan fingerprint density at radius 2 is 2.05 bits per heavy atom. The van der Waals surface area contributed by atoms with Crippen LogP contribution in [0.4, 0.5) is 0 Å². The Morgan fingerprint density at radius 1 is 1.33 bits per heavy atom. The van der Waals surface area contributed by atoms with E-state index in [1.807, 2.05) is 43.3 Å². The molecule has 2 rings (SSSR count). The normalized spacial score (nSPS) is 27.4. The molecule has 21 heavy (non-hydrogen) atoms. The summed E-state index contributed by atoms with van der Waals surface area (Å²) < 4.78 is 0. The van der Waals surface area contributed by atoms with Gasteiger partial charge < -0.3 is 10.2 Å². The van der Waals surface area contributed by atoms with E-state index in [4.69, 9.17) is 0 Å². The van der Waals surface area contributed by atoms with E-state index >= 15 is 0 Å². The lowest BCUT2D eigenvalue weighted by Crippen LogP contribution is -2.18. The first-order chi connectivity index (χ1) is 10.1. The van der Waals surface area contributed by atoms with Gasteiger partial charge in [-0.3, -0.25) is 4.79 Å². The molecule has 114 valence electrons. The number of Topliss-reactive ketones (excluding diaryl/α,β-unsaturated/α-hetero) is 1. The number of hydrogen-bond acceptors (Lipinski definition) is 3. The van der Waals surface area contributed by atoms with Gasteiger partial charge in [-0.2, -0.15) is 0 Å². The van der Waals surface area contributed by atoms with Crippen molar-refractivity contribution >= 4 is 5.78 Å². The molecule has 1 saturated carbocycles. The first-order valence-corrected chi connectivity index (χ1v) is 7.73. The Kier molecular flexibility index (Phi) is 5.71. The van der Waals surface area contributed by atoms with E-state index in [0.717, 1.165) is 12.8 Å². The average Bonchev–Trinajstić information content (AvgIpc) is 2.77. The average molecular weight is 288 g/mol. The van der Waals surface area contributed by atoms with Gasteiger partial charge in [0, 0.05) is 18.3 Å². The second kappa shape index (κ2) is 7.53. The van der Waals surface area contributed by atoms with Gasteiger partial charge in [0.05, 0.1) is 12.2 Å². The minimum Gasteiger partial charge on any atom is -0.392 e. The molecule has 1 aromatic carbocycles. The Labute approximate surface area is 126 Å². The Bertz CT molecular complexity index is 480. The molecule has 4 atom stereocenters. The molecule has 0 radical (unpaired) electrons. The fourth-order valence-electron chi connectivity index (χ4n) is 3.05. The van der Waals surface area contributed by atoms with Crippen molar-refractivity contribution in [2.24, 2.45) is 11.8 Å². The summed E-state index contributed by atoms with van der Waals surface area (Å²) in [6.45, 7) is 1.97. The highest BCUT2D eigenvalue weighted by atomic mass is 16.3. The van der Waals surface area contributed by atoms with E-state index in [2.05, 4.69) is 0 Å². The Balaban J connectivity index is 1.86. The number of benzene rings is 1. The standard InChI is InChI=1S/C18H24O3/c1-2-15-16(18(21)12-17(15)20)11-10-14(19)9-8-13-6-4-3-5-7-13/h3-7,10-11,14-16,18-19,21H,2,8-9,12H2,1H3/b11-10+/t14-,15+,16+,18+/m0/s1. The highest BCUT2D eigenvalue weighted by molar-refractivity contribution is 5.84. The quantitative estimate of drug-likeness (QED) is 0.791. The summed E-state index contributed by atoms with van der Waals surface area (Å²) >= 11 is 0. The molecule has 1 aliphatic rings. The van der Waals surface area contributed by atoms with Gasteiger partial charge in [-0.25, -0.2) is 0 Å². The van der Waals surface area contributed by atoms with Crippen LogP contribution in [-0.4, -0.2) is 28.2 Å². The van der Waals surface area contributed by atoms with Crippen LogP contribution in [-0.2, 0) is 11.2 Å². The molecule has 0 bridgehead atoms. The van der Waals surface area contributed by atoms with Crippen LogP contribution < -0.4 is 0 Å². The third-order valence-electron chi connectivity index (χ3n) is 4.30. The predicted molar refractivity (Wildman–Crippen MR) is 82.8 cm³/mol. The van der Waals surface area contributed by atoms with Crippen LogP contribution in [0.3, 0.4) is 0 Å². The zero-order valence-electron chi connectivity index (χ0n) is 12.5. The second-order valence-electron chi connectivity index (χ2n) is 5.81. The predicted octanol–water partition coefficient (Wildman–Crippen LogP) is 2.51. The van der Waals surface area contributed by atoms with E-state index in [1.165, 1.54) is 5.56 Å². The number of hydrogen-bond donors (Lipinski definition) is 2. The lowest BCUT2D eigenvalue weighted by molar-refractivity contribution is -0.121. The van der Waals surface area contributed by atoms with Crippen LogP contribution in [0.1, 0.15) is 31.7 Å². The van der Waals surface area contributed by atoms with Gasteiger partial charge in [0.1, 0.15) is 5.78 Å². The highest BCUT2D eigenvalue weighted by Gasteiger charge is 2.38. The smallest absolute Gasteiger partial charge is 0.139 e. The molecule has 3 nitrogen and oxygen atoms in total. The van der Waals surface area contributed by atoms with Crippen LogP contribution >= 0.6 is 0 Å². The molecule has 2 N–H and O–H groups in total. The van der Waals surface area contributed by atoms with Crippen molar-refractivity contribution < 1.29 is 15.0 Å². The van der Waals surface area contributed by atoms with Crippen molar-refractivity contribution in [3.05, 3.63) is 48.0 Å². The molecule has 0 amide bonds. The van der Waals surface area contributed by atoms with E-state index in [0.29, 0.717) is 6.42 Å². The summed E-state index contributed by atoms with van der Waals surface area (Å²) in [5, 5.41) is 20.0. The van der Waals surface area contributed by atoms with Gasteiger partial charge >= 0.3 is 0 Å². The van der Waals surface area contributed by atoms with Crippen LogP contribution in [0.15, 0.2) is 42.5 Å². The molecule has 1 fully saturated rings. The monoisotopic (exact) mass is 288 g/mol. The van der Waals surface area contributed by atoms with Crippen LogP contribution in [0.2, 0.25) is 0 Å². The van der Waals surface area contributed by atoms with Crippen molar-refractivity contribution in [1.82, 2.24) is 0 Å². The van der Waals surface area contributed by atoms with Gasteiger partial charge in [0.25, 0.3) is 0 Å². The van der Waals surface area contributed by atoms with Crippen LogP contribution in [0.5, 0.6) is 0 Å². The van der Waals surface area contributed by atoms with Gasteiger partial charge in [-0.05, 0) is 24.8 Å². The van der Waals surface area contributed by atoms with Crippen LogP contribution in [0, 0.1) is 11.8 Å². The maximum absolute atomic E-state index is 11.7. The van der Waals surface area contributed by atoms with Crippen molar-refractivity contribution in [3.63, 3.8) is 0 Å². The van der Waals surface area contributed by atoms with Gasteiger partial charge in [0.15, 0.2) is 0 Å². The summed E-state index contributed by atoms with van der Waals surface area (Å²) in [5.41, 5.74) is 1.20. The first kappa shape index (κ1) is 15.9. The number of carbonyl (C=O) groups is 1. The molecule has 0 spiro atoms. The molecule has 1 aromatic rings. The van der Waals surface area contributed by atoms with Crippen molar-refractivity contribution in [2.45, 2.75) is 44.8 Å². The molecule has 0 saturated heterocycles. The SMILES string of the molecule is CC[C@H]1C(=O)C[C@@H](O)[C@@H]1/C=C/[C@@H](O)CCc1ccccc1. The van der Waals surface area contributed by atoms with E-state index in [-0.39, 0.29) is 24.0 Å². The first-order valence-electron chi connectivity index (χ1n) is 7.73. The summed E-state index contributed by atoms with van der Waals surface area (Å²) in [7, 11) is 0. The minimum atomic E-state index is -0.597. The zero-order chi connectivity index (χ0) is 15.2. The maximum Gasteiger partial charge on any atom is 0.139 e. The number of ketones is 1. The summed E-state index contributed by atoms with van der Waals surface area (Å²) in [6, 6.07) is 10.0. The molecule has 0 heterocycles. The summed E-state index contributed by atoms with van der Waals surface area (Å²) in [6.07, 6.45) is 4.88. The van der Waals surface area contributed by atoms with Crippen molar-refractivity contribution in [2.75, 3.05) is 0 Å². The van der Waals surface area contributed by atoms with Crippen molar-refractivity contribution in [1.29, 1.82) is 0 Å². The Hall–Kier alpha value is -1.45. The van der Waals surface area contributed by atoms with E-state index < -0.39 is 12.2 Å². The molecule has 0 aliphatic heterocycles. The number of aliphatic hydroxyl groups excluding tert-OH is 2. The minimum absolute atomic E-state index is 0.0995. The largest absolute Gasteiger partial charge is 0.392 e. The second-order valence-corrected chi connectivity index (χ2v) is 5.81. The highest BCUT2D eigenvalue weighted by Crippen LogP contribution is 2.32. The van der Waals surface area contributed by atoms with E-state index in [9.17, 15) is 15.0 Å². The number of aliphatic hydroxyl groups is 2. The molecular formula is C18H24O3. The molecule has 0 aromatic heterocycles. The molecule has 1 aliphatic carbocycles. The fourth-order valence-corrected chi connectivity index (χ4v) is 3.05. The molecule has 3 heteroatoms. The fraction of sp³-hybridized carbons (Fsp3) is 0.500.